The number of aliphatic hydroxyl groups is 2. The maximum absolute atomic E-state index is 11.8. The van der Waals surface area contributed by atoms with Crippen molar-refractivity contribution < 1.29 is 19.8 Å². The SMILES string of the molecule is CC(C)C(=O)C(C)N(CC(O)O)C(C)C(N)=O. The molecule has 6 nitrogen and oxygen atoms in total. The minimum Gasteiger partial charge on any atom is -0.368 e. The Labute approximate surface area is 101 Å². The number of nitrogens with zero attached hydrogens (tertiary/aromatic N) is 1. The van der Waals surface area contributed by atoms with Crippen molar-refractivity contribution in [3.05, 3.63) is 0 Å². The summed E-state index contributed by atoms with van der Waals surface area (Å²) in [4.78, 5) is 24.4. The number of hydrogen-bond donors (Lipinski definition) is 3. The van der Waals surface area contributed by atoms with Crippen molar-refractivity contribution in [1.29, 1.82) is 0 Å². The molecule has 0 radical (unpaired) electrons. The molecule has 2 unspecified atom stereocenters. The standard InChI is InChI=1S/C11H22N2O4/c1-6(2)10(16)7(3)13(5-9(14)15)8(4)11(12)17/h6-9,14-15H,5H2,1-4H3,(H2,12,17). The summed E-state index contributed by atoms with van der Waals surface area (Å²) in [5, 5.41) is 17.9. The van der Waals surface area contributed by atoms with Crippen molar-refractivity contribution >= 4 is 11.7 Å². The summed E-state index contributed by atoms with van der Waals surface area (Å²) < 4.78 is 0. The van der Waals surface area contributed by atoms with Crippen LogP contribution in [0.5, 0.6) is 0 Å². The first-order chi connectivity index (χ1) is 7.68. The van der Waals surface area contributed by atoms with Crippen LogP contribution in [0.3, 0.4) is 0 Å². The van der Waals surface area contributed by atoms with Crippen LogP contribution in [0.1, 0.15) is 27.7 Å². The van der Waals surface area contributed by atoms with E-state index in [9.17, 15) is 9.59 Å². The van der Waals surface area contributed by atoms with Gasteiger partial charge in [0.05, 0.1) is 18.6 Å². The average Bonchev–Trinajstić information content (AvgIpc) is 2.22. The molecule has 6 heteroatoms. The molecule has 0 rings (SSSR count). The van der Waals surface area contributed by atoms with Crippen LogP contribution in [0.2, 0.25) is 0 Å². The number of Topliss-reactive ketones (excluding diaryl/α,β-unsaturated/α-hetero) is 1. The number of aliphatic hydroxyl groups excluding tert-OH is 1. The summed E-state index contributed by atoms with van der Waals surface area (Å²) in [6, 6.07) is -1.31. The number of carbonyl (C=O) groups excluding carboxylic acids is 2. The van der Waals surface area contributed by atoms with Gasteiger partial charge in [0.25, 0.3) is 0 Å². The molecule has 0 spiro atoms. The van der Waals surface area contributed by atoms with E-state index in [4.69, 9.17) is 15.9 Å². The van der Waals surface area contributed by atoms with E-state index in [1.165, 1.54) is 11.8 Å². The number of primary amides is 1. The van der Waals surface area contributed by atoms with Crippen LogP contribution >= 0.6 is 0 Å². The summed E-state index contributed by atoms with van der Waals surface area (Å²) >= 11 is 0. The van der Waals surface area contributed by atoms with Crippen molar-refractivity contribution in [3.63, 3.8) is 0 Å². The number of nitrogens with two attached hydrogens (primary N) is 1. The third-order valence-corrected chi connectivity index (χ3v) is 2.76. The Kier molecular flexibility index (Phi) is 6.30. The zero-order chi connectivity index (χ0) is 13.7. The van der Waals surface area contributed by atoms with E-state index in [-0.39, 0.29) is 18.2 Å². The smallest absolute Gasteiger partial charge is 0.234 e. The van der Waals surface area contributed by atoms with E-state index in [1.54, 1.807) is 20.8 Å². The highest BCUT2D eigenvalue weighted by molar-refractivity contribution is 5.86. The number of rotatable bonds is 7. The highest BCUT2D eigenvalue weighted by Gasteiger charge is 2.30. The minimum atomic E-state index is -1.61. The number of hydrogen-bond acceptors (Lipinski definition) is 5. The monoisotopic (exact) mass is 246 g/mol. The first-order valence-corrected chi connectivity index (χ1v) is 5.63. The van der Waals surface area contributed by atoms with E-state index < -0.39 is 24.3 Å². The van der Waals surface area contributed by atoms with E-state index in [1.807, 2.05) is 0 Å². The lowest BCUT2D eigenvalue weighted by molar-refractivity contribution is -0.135. The largest absolute Gasteiger partial charge is 0.368 e. The third kappa shape index (κ3) is 4.80. The van der Waals surface area contributed by atoms with Gasteiger partial charge in [-0.3, -0.25) is 14.5 Å². The molecule has 0 saturated heterocycles. The van der Waals surface area contributed by atoms with E-state index in [2.05, 4.69) is 0 Å². The lowest BCUT2D eigenvalue weighted by atomic mass is 10.0. The molecule has 17 heavy (non-hydrogen) atoms. The molecule has 0 aliphatic heterocycles. The van der Waals surface area contributed by atoms with Crippen LogP contribution in [0.15, 0.2) is 0 Å². The Bertz CT molecular complexity index is 279. The van der Waals surface area contributed by atoms with Gasteiger partial charge in [-0.05, 0) is 13.8 Å². The normalized spacial score (nSPS) is 15.4. The second kappa shape index (κ2) is 6.68. The fourth-order valence-corrected chi connectivity index (χ4v) is 1.65. The molecule has 0 fully saturated rings. The molecule has 0 bridgehead atoms. The zero-order valence-electron chi connectivity index (χ0n) is 10.8. The van der Waals surface area contributed by atoms with Crippen LogP contribution in [0.25, 0.3) is 0 Å². The van der Waals surface area contributed by atoms with Crippen LogP contribution in [-0.4, -0.2) is 51.7 Å². The van der Waals surface area contributed by atoms with E-state index >= 15 is 0 Å². The summed E-state index contributed by atoms with van der Waals surface area (Å²) in [5.74, 6) is -0.865. The highest BCUT2D eigenvalue weighted by atomic mass is 16.5. The van der Waals surface area contributed by atoms with Crippen molar-refractivity contribution in [2.75, 3.05) is 6.54 Å². The zero-order valence-corrected chi connectivity index (χ0v) is 10.8. The van der Waals surface area contributed by atoms with Gasteiger partial charge in [-0.15, -0.1) is 0 Å². The summed E-state index contributed by atoms with van der Waals surface area (Å²) in [6.07, 6.45) is -1.61. The Morgan fingerprint density at radius 2 is 1.59 bits per heavy atom. The molecule has 2 atom stereocenters. The van der Waals surface area contributed by atoms with Gasteiger partial charge in [0, 0.05) is 5.92 Å². The van der Waals surface area contributed by atoms with Crippen LogP contribution < -0.4 is 5.73 Å². The number of carbonyl (C=O) groups is 2. The summed E-state index contributed by atoms with van der Waals surface area (Å²) in [5.41, 5.74) is 5.17. The summed E-state index contributed by atoms with van der Waals surface area (Å²) in [6.45, 7) is 6.48. The molecule has 1 amide bonds. The predicted molar refractivity (Wildman–Crippen MR) is 62.9 cm³/mol. The molecule has 0 aromatic rings. The van der Waals surface area contributed by atoms with Crippen molar-refractivity contribution in [2.45, 2.75) is 46.1 Å². The molecule has 0 aliphatic carbocycles. The Morgan fingerprint density at radius 1 is 1.12 bits per heavy atom. The van der Waals surface area contributed by atoms with Gasteiger partial charge in [-0.25, -0.2) is 0 Å². The van der Waals surface area contributed by atoms with Gasteiger partial charge in [0.1, 0.15) is 0 Å². The first-order valence-electron chi connectivity index (χ1n) is 5.63. The Morgan fingerprint density at radius 3 is 1.88 bits per heavy atom. The minimum absolute atomic E-state index is 0.0706. The fourth-order valence-electron chi connectivity index (χ4n) is 1.65. The van der Waals surface area contributed by atoms with Crippen molar-refractivity contribution in [2.24, 2.45) is 11.7 Å². The van der Waals surface area contributed by atoms with Crippen molar-refractivity contribution in [1.82, 2.24) is 4.90 Å². The van der Waals surface area contributed by atoms with Gasteiger partial charge >= 0.3 is 0 Å². The second-order valence-electron chi connectivity index (χ2n) is 4.49. The third-order valence-electron chi connectivity index (χ3n) is 2.76. The molecule has 0 saturated carbocycles. The molecular formula is C11H22N2O4. The molecule has 0 aromatic carbocycles. The fraction of sp³-hybridized carbons (Fsp3) is 0.818. The molecule has 0 heterocycles. The lowest BCUT2D eigenvalue weighted by Gasteiger charge is -2.33. The Hall–Kier alpha value is -0.980. The maximum atomic E-state index is 11.8. The van der Waals surface area contributed by atoms with Crippen LogP contribution in [0, 0.1) is 5.92 Å². The van der Waals surface area contributed by atoms with Gasteiger partial charge in [-0.2, -0.15) is 0 Å². The van der Waals surface area contributed by atoms with Gasteiger partial charge in [-0.1, -0.05) is 13.8 Å². The molecule has 0 aliphatic rings. The average molecular weight is 246 g/mol. The quantitative estimate of drug-likeness (QED) is 0.504. The van der Waals surface area contributed by atoms with Crippen LogP contribution in [0.4, 0.5) is 0 Å². The number of amides is 1. The van der Waals surface area contributed by atoms with Crippen molar-refractivity contribution in [3.8, 4) is 0 Å². The molecule has 4 N–H and O–H groups in total. The van der Waals surface area contributed by atoms with Gasteiger partial charge in [0.2, 0.25) is 5.91 Å². The van der Waals surface area contributed by atoms with E-state index in [0.717, 1.165) is 0 Å². The molecule has 100 valence electrons. The van der Waals surface area contributed by atoms with Crippen LogP contribution in [-0.2, 0) is 9.59 Å². The predicted octanol–water partition coefficient (Wildman–Crippen LogP) is -0.913. The Balaban J connectivity index is 4.91. The van der Waals surface area contributed by atoms with Gasteiger partial charge in [0.15, 0.2) is 12.1 Å². The summed E-state index contributed by atoms with van der Waals surface area (Å²) in [7, 11) is 0. The topological polar surface area (TPSA) is 104 Å². The number of ketones is 1. The lowest BCUT2D eigenvalue weighted by Crippen LogP contribution is -2.53. The van der Waals surface area contributed by atoms with Gasteiger partial charge < -0.3 is 15.9 Å². The second-order valence-corrected chi connectivity index (χ2v) is 4.49. The highest BCUT2D eigenvalue weighted by Crippen LogP contribution is 2.11. The first kappa shape index (κ1) is 16.0. The molecular weight excluding hydrogens is 224 g/mol. The molecule has 0 aromatic heterocycles. The maximum Gasteiger partial charge on any atom is 0.234 e. The van der Waals surface area contributed by atoms with E-state index in [0.29, 0.717) is 0 Å².